The molecule has 0 bridgehead atoms. The van der Waals surface area contributed by atoms with E-state index < -0.39 is 0 Å². The van der Waals surface area contributed by atoms with Crippen LogP contribution in [0.1, 0.15) is 0 Å². The first-order valence-corrected chi connectivity index (χ1v) is 18.0. The van der Waals surface area contributed by atoms with E-state index in [1.165, 1.54) is 0 Å². The van der Waals surface area contributed by atoms with Crippen molar-refractivity contribution in [2.75, 3.05) is 4.90 Å². The van der Waals surface area contributed by atoms with Crippen LogP contribution in [-0.2, 0) is 0 Å². The van der Waals surface area contributed by atoms with Crippen LogP contribution in [0.15, 0.2) is 199 Å². The van der Waals surface area contributed by atoms with Gasteiger partial charge in [0, 0.05) is 50.1 Å². The number of rotatable bonds is 7. The minimum Gasteiger partial charge on any atom is -0.455 e. The van der Waals surface area contributed by atoms with Crippen molar-refractivity contribution in [3.8, 4) is 45.3 Å². The second kappa shape index (κ2) is 13.3. The van der Waals surface area contributed by atoms with Crippen molar-refractivity contribution < 1.29 is 4.42 Å². The highest BCUT2D eigenvalue weighted by Gasteiger charge is 2.20. The van der Waals surface area contributed by atoms with Gasteiger partial charge in [-0.1, -0.05) is 140 Å². The summed E-state index contributed by atoms with van der Waals surface area (Å²) in [7, 11) is 0. The number of fused-ring (bicyclic) bond motifs is 5. The number of hydrogen-bond acceptors (Lipinski definition) is 5. The second-order valence-electron chi connectivity index (χ2n) is 13.3. The van der Waals surface area contributed by atoms with Gasteiger partial charge in [0.15, 0.2) is 17.5 Å². The van der Waals surface area contributed by atoms with Crippen LogP contribution in [0.5, 0.6) is 0 Å². The molecule has 0 unspecified atom stereocenters. The first kappa shape index (κ1) is 31.4. The molecule has 54 heavy (non-hydrogen) atoms. The van der Waals surface area contributed by atoms with Gasteiger partial charge in [-0.3, -0.25) is 0 Å². The van der Waals surface area contributed by atoms with Crippen molar-refractivity contribution in [1.82, 2.24) is 15.0 Å². The third kappa shape index (κ3) is 5.65. The Hall–Kier alpha value is -7.37. The minimum atomic E-state index is 0.594. The maximum atomic E-state index is 6.78. The Bertz CT molecular complexity index is 2810. The summed E-state index contributed by atoms with van der Waals surface area (Å²) in [6.07, 6.45) is 0. The maximum absolute atomic E-state index is 6.78. The maximum Gasteiger partial charge on any atom is 0.164 e. The third-order valence-corrected chi connectivity index (χ3v) is 9.88. The van der Waals surface area contributed by atoms with Gasteiger partial charge < -0.3 is 9.32 Å². The molecular formula is C49H32N4O. The zero-order valence-electron chi connectivity index (χ0n) is 29.2. The Labute approximate surface area is 312 Å². The Morgan fingerprint density at radius 2 is 0.870 bits per heavy atom. The molecule has 0 N–H and O–H groups in total. The smallest absolute Gasteiger partial charge is 0.164 e. The van der Waals surface area contributed by atoms with Crippen molar-refractivity contribution in [2.24, 2.45) is 0 Å². The Kier molecular flexibility index (Phi) is 7.73. The van der Waals surface area contributed by atoms with Crippen molar-refractivity contribution >= 4 is 49.8 Å². The first-order valence-electron chi connectivity index (χ1n) is 18.0. The molecule has 0 aliphatic rings. The molecule has 0 aliphatic heterocycles. The fraction of sp³-hybridized carbons (Fsp3) is 0. The highest BCUT2D eigenvalue weighted by atomic mass is 16.3. The summed E-state index contributed by atoms with van der Waals surface area (Å²) < 4.78 is 6.78. The van der Waals surface area contributed by atoms with Crippen LogP contribution in [0, 0.1) is 0 Å². The fourth-order valence-electron chi connectivity index (χ4n) is 7.32. The van der Waals surface area contributed by atoms with E-state index >= 15 is 0 Å². The molecule has 2 heterocycles. The van der Waals surface area contributed by atoms with Crippen molar-refractivity contribution in [3.63, 3.8) is 0 Å². The predicted molar refractivity (Wildman–Crippen MR) is 221 cm³/mol. The summed E-state index contributed by atoms with van der Waals surface area (Å²) in [6, 6.07) is 66.8. The van der Waals surface area contributed by atoms with Gasteiger partial charge >= 0.3 is 0 Å². The van der Waals surface area contributed by atoms with Gasteiger partial charge in [-0.25, -0.2) is 15.0 Å². The molecule has 254 valence electrons. The molecule has 8 aromatic carbocycles. The molecule has 0 spiro atoms. The SMILES string of the molecule is c1ccc(-c2nc(-c3ccccc3)nc(-c3cc(-c4ccc(N(c5ccccc5)c5ccccc5)cc4)c4oc5ccc6ccccc6c5c4c3)n2)cc1. The molecule has 0 radical (unpaired) electrons. The van der Waals surface area contributed by atoms with Gasteiger partial charge in [0.2, 0.25) is 0 Å². The monoisotopic (exact) mass is 692 g/mol. The zero-order chi connectivity index (χ0) is 35.8. The van der Waals surface area contributed by atoms with Crippen LogP contribution in [0.2, 0.25) is 0 Å². The van der Waals surface area contributed by atoms with Crippen LogP contribution in [-0.4, -0.2) is 15.0 Å². The summed E-state index contributed by atoms with van der Waals surface area (Å²) in [6.45, 7) is 0. The van der Waals surface area contributed by atoms with Gasteiger partial charge in [-0.05, 0) is 70.9 Å². The van der Waals surface area contributed by atoms with Gasteiger partial charge in [-0.2, -0.15) is 0 Å². The number of aromatic nitrogens is 3. The molecule has 5 heteroatoms. The third-order valence-electron chi connectivity index (χ3n) is 9.88. The van der Waals surface area contributed by atoms with E-state index in [0.717, 1.165) is 77.6 Å². The number of anilines is 3. The summed E-state index contributed by atoms with van der Waals surface area (Å²) in [4.78, 5) is 17.4. The van der Waals surface area contributed by atoms with Gasteiger partial charge in [0.25, 0.3) is 0 Å². The molecule has 0 aliphatic carbocycles. The molecule has 0 saturated heterocycles. The number of hydrogen-bond donors (Lipinski definition) is 0. The second-order valence-corrected chi connectivity index (χ2v) is 13.3. The Morgan fingerprint density at radius 3 is 1.46 bits per heavy atom. The molecule has 0 amide bonds. The molecule has 2 aromatic heterocycles. The van der Waals surface area contributed by atoms with E-state index in [2.05, 4.69) is 126 Å². The van der Waals surface area contributed by atoms with Crippen LogP contribution >= 0.6 is 0 Å². The number of nitrogens with zero attached hydrogens (tertiary/aromatic N) is 4. The van der Waals surface area contributed by atoms with Crippen LogP contribution < -0.4 is 4.90 Å². The standard InChI is InChI=1S/C49H32N4O/c1-5-16-35(17-6-1)47-50-48(36-18-7-2-8-19-36)52-49(51-47)37-31-42(46-43(32-37)45-41-24-14-13-15-33(41)27-30-44(45)54-46)34-25-28-40(29-26-34)53(38-20-9-3-10-21-38)39-22-11-4-12-23-39/h1-32H. The molecule has 0 fully saturated rings. The largest absolute Gasteiger partial charge is 0.455 e. The van der Waals surface area contributed by atoms with Crippen LogP contribution in [0.4, 0.5) is 17.1 Å². The molecular weight excluding hydrogens is 661 g/mol. The highest BCUT2D eigenvalue weighted by molar-refractivity contribution is 6.21. The molecule has 10 aromatic rings. The lowest BCUT2D eigenvalue weighted by Gasteiger charge is -2.25. The average molecular weight is 693 g/mol. The first-order chi connectivity index (χ1) is 26.8. The van der Waals surface area contributed by atoms with Crippen molar-refractivity contribution in [1.29, 1.82) is 0 Å². The van der Waals surface area contributed by atoms with E-state index in [1.807, 2.05) is 72.8 Å². The summed E-state index contributed by atoms with van der Waals surface area (Å²) >= 11 is 0. The van der Waals surface area contributed by atoms with E-state index in [4.69, 9.17) is 19.4 Å². The highest BCUT2D eigenvalue weighted by Crippen LogP contribution is 2.43. The molecule has 0 atom stereocenters. The Balaban J connectivity index is 1.20. The fourth-order valence-corrected chi connectivity index (χ4v) is 7.32. The van der Waals surface area contributed by atoms with Crippen LogP contribution in [0.25, 0.3) is 78.0 Å². The van der Waals surface area contributed by atoms with Gasteiger partial charge in [-0.15, -0.1) is 0 Å². The topological polar surface area (TPSA) is 55.1 Å². The Morgan fingerprint density at radius 1 is 0.370 bits per heavy atom. The quantitative estimate of drug-likeness (QED) is 0.166. The number of benzene rings is 8. The summed E-state index contributed by atoms with van der Waals surface area (Å²) in [5.74, 6) is 1.83. The normalized spacial score (nSPS) is 11.3. The zero-order valence-corrected chi connectivity index (χ0v) is 29.2. The number of furan rings is 1. The van der Waals surface area contributed by atoms with Crippen molar-refractivity contribution in [2.45, 2.75) is 0 Å². The van der Waals surface area contributed by atoms with Gasteiger partial charge in [0.05, 0.1) is 0 Å². The van der Waals surface area contributed by atoms with E-state index in [0.29, 0.717) is 17.5 Å². The van der Waals surface area contributed by atoms with Crippen molar-refractivity contribution in [3.05, 3.63) is 194 Å². The lowest BCUT2D eigenvalue weighted by Crippen LogP contribution is -2.09. The predicted octanol–water partition coefficient (Wildman–Crippen LogP) is 13.1. The molecule has 10 rings (SSSR count). The molecule has 5 nitrogen and oxygen atoms in total. The lowest BCUT2D eigenvalue weighted by atomic mass is 9.96. The average Bonchev–Trinajstić information content (AvgIpc) is 3.64. The lowest BCUT2D eigenvalue weighted by molar-refractivity contribution is 0.670. The van der Waals surface area contributed by atoms with E-state index in [-0.39, 0.29) is 0 Å². The van der Waals surface area contributed by atoms with E-state index in [9.17, 15) is 0 Å². The summed E-state index contributed by atoms with van der Waals surface area (Å²) in [5.41, 5.74) is 9.60. The van der Waals surface area contributed by atoms with Gasteiger partial charge in [0.1, 0.15) is 11.2 Å². The van der Waals surface area contributed by atoms with Crippen LogP contribution in [0.3, 0.4) is 0 Å². The summed E-state index contributed by atoms with van der Waals surface area (Å²) in [5, 5.41) is 4.38. The molecule has 0 saturated carbocycles. The van der Waals surface area contributed by atoms with E-state index in [1.54, 1.807) is 0 Å². The number of para-hydroxylation sites is 2. The minimum absolute atomic E-state index is 0.594.